The van der Waals surface area contributed by atoms with E-state index in [1.54, 1.807) is 0 Å². The van der Waals surface area contributed by atoms with Gasteiger partial charge in [0.2, 0.25) is 5.91 Å². The zero-order chi connectivity index (χ0) is 13.7. The van der Waals surface area contributed by atoms with Gasteiger partial charge in [-0.1, -0.05) is 25.7 Å². The Morgan fingerprint density at radius 3 is 2.26 bits per heavy atom. The second kappa shape index (κ2) is 7.25. The largest absolute Gasteiger partial charge is 0.352 e. The Morgan fingerprint density at radius 2 is 1.68 bits per heavy atom. The van der Waals surface area contributed by atoms with Crippen molar-refractivity contribution in [3.63, 3.8) is 0 Å². The predicted octanol–water partition coefficient (Wildman–Crippen LogP) is 1.51. The van der Waals surface area contributed by atoms with Crippen molar-refractivity contribution in [3.05, 3.63) is 0 Å². The smallest absolute Gasteiger partial charge is 0.234 e. The van der Waals surface area contributed by atoms with E-state index in [4.69, 9.17) is 0 Å². The van der Waals surface area contributed by atoms with Crippen LogP contribution < -0.4 is 10.6 Å². The molecule has 1 aliphatic carbocycles. The summed E-state index contributed by atoms with van der Waals surface area (Å²) in [6.07, 6.45) is 7.54. The van der Waals surface area contributed by atoms with E-state index in [1.165, 1.54) is 38.5 Å². The fraction of sp³-hybridized carbons (Fsp3) is 0.933. The molecule has 1 aliphatic heterocycles. The van der Waals surface area contributed by atoms with Crippen LogP contribution in [-0.2, 0) is 4.79 Å². The van der Waals surface area contributed by atoms with Gasteiger partial charge in [-0.15, -0.1) is 0 Å². The highest BCUT2D eigenvalue weighted by atomic mass is 16.2. The molecule has 2 atom stereocenters. The lowest BCUT2D eigenvalue weighted by atomic mass is 10.1. The van der Waals surface area contributed by atoms with E-state index < -0.39 is 0 Å². The maximum atomic E-state index is 12.1. The molecular formula is C15H29N3O. The van der Waals surface area contributed by atoms with Crippen LogP contribution in [0.3, 0.4) is 0 Å². The Balaban J connectivity index is 1.73. The summed E-state index contributed by atoms with van der Waals surface area (Å²) in [5.74, 6) is 0.216. The fourth-order valence-electron chi connectivity index (χ4n) is 3.47. The van der Waals surface area contributed by atoms with Gasteiger partial charge in [-0.05, 0) is 26.7 Å². The minimum Gasteiger partial charge on any atom is -0.352 e. The molecule has 0 aromatic carbocycles. The molecule has 2 fully saturated rings. The molecule has 1 saturated heterocycles. The van der Waals surface area contributed by atoms with Crippen molar-refractivity contribution in [1.29, 1.82) is 0 Å². The van der Waals surface area contributed by atoms with Crippen LogP contribution in [-0.4, -0.2) is 48.6 Å². The molecule has 2 N–H and O–H groups in total. The lowest BCUT2D eigenvalue weighted by Gasteiger charge is -2.35. The minimum atomic E-state index is 0.216. The number of hydrogen-bond acceptors (Lipinski definition) is 3. The average Bonchev–Trinajstić information content (AvgIpc) is 2.55. The van der Waals surface area contributed by atoms with E-state index in [9.17, 15) is 4.79 Å². The number of hydrogen-bond donors (Lipinski definition) is 2. The summed E-state index contributed by atoms with van der Waals surface area (Å²) in [5.41, 5.74) is 0. The van der Waals surface area contributed by atoms with Crippen LogP contribution in [0.5, 0.6) is 0 Å². The molecule has 0 spiro atoms. The number of amides is 1. The highest BCUT2D eigenvalue weighted by molar-refractivity contribution is 5.78. The van der Waals surface area contributed by atoms with Gasteiger partial charge in [0.15, 0.2) is 0 Å². The second-order valence-corrected chi connectivity index (χ2v) is 6.42. The van der Waals surface area contributed by atoms with Crippen LogP contribution in [0.4, 0.5) is 0 Å². The number of piperazine rings is 1. The second-order valence-electron chi connectivity index (χ2n) is 6.42. The SMILES string of the molecule is CC1CN(CC(=O)NC2CCCCCC2)CC(C)N1. The molecule has 1 saturated carbocycles. The minimum absolute atomic E-state index is 0.216. The third kappa shape index (κ3) is 5.11. The number of nitrogens with one attached hydrogen (secondary N) is 2. The maximum absolute atomic E-state index is 12.1. The van der Waals surface area contributed by atoms with Crippen molar-refractivity contribution in [1.82, 2.24) is 15.5 Å². The molecule has 0 aromatic rings. The number of carbonyl (C=O) groups is 1. The number of rotatable bonds is 3. The summed E-state index contributed by atoms with van der Waals surface area (Å²) in [7, 11) is 0. The van der Waals surface area contributed by atoms with Gasteiger partial charge in [-0.3, -0.25) is 9.69 Å². The van der Waals surface area contributed by atoms with E-state index in [2.05, 4.69) is 29.4 Å². The van der Waals surface area contributed by atoms with Gasteiger partial charge in [0.1, 0.15) is 0 Å². The summed E-state index contributed by atoms with van der Waals surface area (Å²) < 4.78 is 0. The molecule has 4 heteroatoms. The molecule has 110 valence electrons. The molecular weight excluding hydrogens is 238 g/mol. The topological polar surface area (TPSA) is 44.4 Å². The van der Waals surface area contributed by atoms with Crippen LogP contribution >= 0.6 is 0 Å². The lowest BCUT2D eigenvalue weighted by Crippen LogP contribution is -2.56. The maximum Gasteiger partial charge on any atom is 0.234 e. The first-order valence-electron chi connectivity index (χ1n) is 7.91. The molecule has 0 aromatic heterocycles. The average molecular weight is 267 g/mol. The van der Waals surface area contributed by atoms with E-state index >= 15 is 0 Å². The fourth-order valence-corrected chi connectivity index (χ4v) is 3.47. The van der Waals surface area contributed by atoms with Gasteiger partial charge < -0.3 is 10.6 Å². The Morgan fingerprint density at radius 1 is 1.11 bits per heavy atom. The quantitative estimate of drug-likeness (QED) is 0.762. The molecule has 2 aliphatic rings. The van der Waals surface area contributed by atoms with Gasteiger partial charge in [0.05, 0.1) is 6.54 Å². The molecule has 0 radical (unpaired) electrons. The van der Waals surface area contributed by atoms with Crippen molar-refractivity contribution in [2.75, 3.05) is 19.6 Å². The Kier molecular flexibility index (Phi) is 5.64. The first kappa shape index (κ1) is 14.8. The molecule has 0 bridgehead atoms. The van der Waals surface area contributed by atoms with Crippen molar-refractivity contribution in [3.8, 4) is 0 Å². The normalized spacial score (nSPS) is 30.8. The van der Waals surface area contributed by atoms with Crippen LogP contribution in [0, 0.1) is 0 Å². The summed E-state index contributed by atoms with van der Waals surface area (Å²) in [5, 5.41) is 6.73. The van der Waals surface area contributed by atoms with Crippen molar-refractivity contribution in [2.24, 2.45) is 0 Å². The van der Waals surface area contributed by atoms with E-state index in [0.717, 1.165) is 13.1 Å². The monoisotopic (exact) mass is 267 g/mol. The zero-order valence-corrected chi connectivity index (χ0v) is 12.5. The summed E-state index contributed by atoms with van der Waals surface area (Å²) >= 11 is 0. The van der Waals surface area contributed by atoms with Gasteiger partial charge in [0.25, 0.3) is 0 Å². The molecule has 4 nitrogen and oxygen atoms in total. The highest BCUT2D eigenvalue weighted by Gasteiger charge is 2.23. The third-order valence-electron chi connectivity index (χ3n) is 4.22. The van der Waals surface area contributed by atoms with E-state index in [1.807, 2.05) is 0 Å². The van der Waals surface area contributed by atoms with Crippen LogP contribution in [0.1, 0.15) is 52.4 Å². The first-order chi connectivity index (χ1) is 9.13. The highest BCUT2D eigenvalue weighted by Crippen LogP contribution is 2.17. The zero-order valence-electron chi connectivity index (χ0n) is 12.5. The van der Waals surface area contributed by atoms with Crippen molar-refractivity contribution >= 4 is 5.91 Å². The van der Waals surface area contributed by atoms with E-state index in [-0.39, 0.29) is 5.91 Å². The van der Waals surface area contributed by atoms with Crippen molar-refractivity contribution < 1.29 is 4.79 Å². The van der Waals surface area contributed by atoms with Gasteiger partial charge in [-0.25, -0.2) is 0 Å². The van der Waals surface area contributed by atoms with Crippen LogP contribution in [0.25, 0.3) is 0 Å². The standard InChI is InChI=1S/C15H29N3O/c1-12-9-18(10-13(2)16-12)11-15(19)17-14-7-5-3-4-6-8-14/h12-14,16H,3-11H2,1-2H3,(H,17,19). The molecule has 1 amide bonds. The van der Waals surface area contributed by atoms with Gasteiger partial charge in [0, 0.05) is 31.2 Å². The van der Waals surface area contributed by atoms with Crippen LogP contribution in [0.2, 0.25) is 0 Å². The first-order valence-corrected chi connectivity index (χ1v) is 7.91. The summed E-state index contributed by atoms with van der Waals surface area (Å²) in [6, 6.07) is 1.39. The molecule has 2 unspecified atom stereocenters. The van der Waals surface area contributed by atoms with E-state index in [0.29, 0.717) is 24.7 Å². The van der Waals surface area contributed by atoms with Gasteiger partial charge >= 0.3 is 0 Å². The molecule has 1 heterocycles. The van der Waals surface area contributed by atoms with Crippen LogP contribution in [0.15, 0.2) is 0 Å². The molecule has 19 heavy (non-hydrogen) atoms. The molecule has 2 rings (SSSR count). The Hall–Kier alpha value is -0.610. The Labute approximate surface area is 117 Å². The van der Waals surface area contributed by atoms with Crippen molar-refractivity contribution in [2.45, 2.75) is 70.5 Å². The third-order valence-corrected chi connectivity index (χ3v) is 4.22. The lowest BCUT2D eigenvalue weighted by molar-refractivity contribution is -0.123. The Bertz CT molecular complexity index is 277. The summed E-state index contributed by atoms with van der Waals surface area (Å²) in [4.78, 5) is 14.4. The predicted molar refractivity (Wildman–Crippen MR) is 78.1 cm³/mol. The van der Waals surface area contributed by atoms with Gasteiger partial charge in [-0.2, -0.15) is 0 Å². The number of carbonyl (C=O) groups excluding carboxylic acids is 1. The number of nitrogens with zero attached hydrogens (tertiary/aromatic N) is 1. The summed E-state index contributed by atoms with van der Waals surface area (Å²) in [6.45, 7) is 6.88.